The van der Waals surface area contributed by atoms with Crippen LogP contribution in [0, 0.1) is 11.8 Å². The number of aromatic nitrogens is 3. The van der Waals surface area contributed by atoms with Gasteiger partial charge in [0.25, 0.3) is 0 Å². The van der Waals surface area contributed by atoms with Gasteiger partial charge in [-0.1, -0.05) is 0 Å². The molecule has 1 atom stereocenters. The van der Waals surface area contributed by atoms with Crippen LogP contribution in [0.25, 0.3) is 21.7 Å². The SMILES string of the molecule is Clc1cccc2c(C#Cc3c([AsH2])ncc4ccccc34)n[nH]c12. The fourth-order valence-electron chi connectivity index (χ4n) is 2.53. The monoisotopic (exact) mass is 379 g/mol. The summed E-state index contributed by atoms with van der Waals surface area (Å²) in [6.07, 6.45) is 1.89. The van der Waals surface area contributed by atoms with Crippen molar-refractivity contribution in [3.05, 3.63) is 64.9 Å². The van der Waals surface area contributed by atoms with Gasteiger partial charge in [-0.25, -0.2) is 0 Å². The summed E-state index contributed by atoms with van der Waals surface area (Å²) in [6, 6.07) is 13.8. The zero-order chi connectivity index (χ0) is 15.8. The van der Waals surface area contributed by atoms with Crippen molar-refractivity contribution >= 4 is 54.6 Å². The molecule has 23 heavy (non-hydrogen) atoms. The molecule has 0 radical (unpaired) electrons. The van der Waals surface area contributed by atoms with Gasteiger partial charge < -0.3 is 0 Å². The zero-order valence-electron chi connectivity index (χ0n) is 12.0. The minimum atomic E-state index is 0.648. The Kier molecular flexibility index (Phi) is 3.57. The molecule has 1 N–H and O–H groups in total. The van der Waals surface area contributed by atoms with Gasteiger partial charge in [0.15, 0.2) is 0 Å². The van der Waals surface area contributed by atoms with Crippen LogP contribution in [-0.4, -0.2) is 32.0 Å². The summed E-state index contributed by atoms with van der Waals surface area (Å²) in [4.78, 5) is 4.46. The fraction of sp³-hybridized carbons (Fsp3) is 0. The Labute approximate surface area is 146 Å². The van der Waals surface area contributed by atoms with Crippen LogP contribution in [0.3, 0.4) is 0 Å². The summed E-state index contributed by atoms with van der Waals surface area (Å²) in [5, 5.41) is 11.0. The first-order chi connectivity index (χ1) is 11.2. The van der Waals surface area contributed by atoms with Crippen LogP contribution in [0.5, 0.6) is 0 Å². The molecule has 2 aromatic carbocycles. The van der Waals surface area contributed by atoms with Crippen molar-refractivity contribution in [1.82, 2.24) is 15.2 Å². The summed E-state index contributed by atoms with van der Waals surface area (Å²) in [6.45, 7) is 0. The predicted molar refractivity (Wildman–Crippen MR) is 97.0 cm³/mol. The summed E-state index contributed by atoms with van der Waals surface area (Å²) in [7, 11) is 0. The van der Waals surface area contributed by atoms with Gasteiger partial charge in [-0.3, -0.25) is 0 Å². The molecule has 0 aliphatic heterocycles. The number of halogens is 1. The van der Waals surface area contributed by atoms with E-state index in [9.17, 15) is 0 Å². The molecule has 0 saturated carbocycles. The molecule has 2 aromatic heterocycles. The van der Waals surface area contributed by atoms with Gasteiger partial charge >= 0.3 is 147 Å². The molecule has 0 aliphatic rings. The number of hydrogen-bond acceptors (Lipinski definition) is 2. The molecule has 0 bridgehead atoms. The van der Waals surface area contributed by atoms with Crippen molar-refractivity contribution in [1.29, 1.82) is 0 Å². The number of para-hydroxylation sites is 1. The topological polar surface area (TPSA) is 41.6 Å². The van der Waals surface area contributed by atoms with E-state index in [2.05, 4.69) is 33.1 Å². The first-order valence-corrected chi connectivity index (χ1v) is 8.61. The van der Waals surface area contributed by atoms with Crippen LogP contribution in [0.15, 0.2) is 48.7 Å². The third-order valence-corrected chi connectivity index (χ3v) is 4.92. The Morgan fingerprint density at radius 3 is 2.74 bits per heavy atom. The molecular formula is C18H11AsClN3. The van der Waals surface area contributed by atoms with Gasteiger partial charge in [-0.2, -0.15) is 0 Å². The Hall–Kier alpha value is -2.27. The third kappa shape index (κ3) is 2.51. The van der Waals surface area contributed by atoms with Crippen LogP contribution in [0.2, 0.25) is 5.02 Å². The Bertz CT molecular complexity index is 1110. The summed E-state index contributed by atoms with van der Waals surface area (Å²) in [5.41, 5.74) is 2.47. The molecule has 0 fully saturated rings. The summed E-state index contributed by atoms with van der Waals surface area (Å²) in [5.74, 6) is 6.41. The van der Waals surface area contributed by atoms with E-state index in [0.717, 1.165) is 31.7 Å². The van der Waals surface area contributed by atoms with Gasteiger partial charge in [0.1, 0.15) is 0 Å². The van der Waals surface area contributed by atoms with Crippen LogP contribution in [-0.2, 0) is 0 Å². The van der Waals surface area contributed by atoms with E-state index < -0.39 is 0 Å². The second kappa shape index (κ2) is 5.74. The number of fused-ring (bicyclic) bond motifs is 2. The molecular weight excluding hydrogens is 369 g/mol. The number of pyridine rings is 1. The average Bonchev–Trinajstić information content (AvgIpc) is 2.99. The summed E-state index contributed by atoms with van der Waals surface area (Å²) < 4.78 is 0.974. The van der Waals surface area contributed by atoms with E-state index in [1.54, 1.807) is 0 Å². The van der Waals surface area contributed by atoms with Crippen LogP contribution in [0.4, 0.5) is 0 Å². The molecule has 0 amide bonds. The summed E-state index contributed by atoms with van der Waals surface area (Å²) >= 11 is 7.63. The minimum absolute atomic E-state index is 0.648. The predicted octanol–water partition coefficient (Wildman–Crippen LogP) is 2.42. The van der Waals surface area contributed by atoms with Crippen molar-refractivity contribution in [3.8, 4) is 11.8 Å². The molecule has 1 unspecified atom stereocenters. The van der Waals surface area contributed by atoms with Gasteiger partial charge in [-0.15, -0.1) is 0 Å². The van der Waals surface area contributed by atoms with Crippen molar-refractivity contribution in [2.24, 2.45) is 0 Å². The molecule has 3 nitrogen and oxygen atoms in total. The number of rotatable bonds is 0. The maximum absolute atomic E-state index is 6.16. The van der Waals surface area contributed by atoms with Gasteiger partial charge in [-0.05, 0) is 0 Å². The second-order valence-corrected chi connectivity index (χ2v) is 6.64. The first-order valence-electron chi connectivity index (χ1n) is 7.02. The number of hydrogen-bond donors (Lipinski definition) is 1. The molecule has 4 rings (SSSR count). The van der Waals surface area contributed by atoms with Gasteiger partial charge in [0, 0.05) is 0 Å². The van der Waals surface area contributed by atoms with Crippen LogP contribution in [0.1, 0.15) is 11.3 Å². The van der Waals surface area contributed by atoms with Crippen molar-refractivity contribution < 1.29 is 0 Å². The van der Waals surface area contributed by atoms with E-state index in [-0.39, 0.29) is 0 Å². The van der Waals surface area contributed by atoms with Crippen molar-refractivity contribution in [2.75, 3.05) is 0 Å². The van der Waals surface area contributed by atoms with Gasteiger partial charge in [0.2, 0.25) is 0 Å². The maximum atomic E-state index is 6.16. The zero-order valence-corrected chi connectivity index (χ0v) is 15.1. The van der Waals surface area contributed by atoms with Gasteiger partial charge in [0.05, 0.1) is 0 Å². The number of H-pyrrole nitrogens is 1. The molecule has 2 heterocycles. The van der Waals surface area contributed by atoms with E-state index in [1.165, 1.54) is 16.9 Å². The number of benzene rings is 2. The fourth-order valence-corrected chi connectivity index (χ4v) is 3.39. The molecule has 110 valence electrons. The first kappa shape index (κ1) is 14.3. The standard InChI is InChI=1S/C18H11AsClN3/c19-18-13(12-5-2-1-4-11(12)10-21-18)8-9-16-14-6-3-7-15(20)17(14)23-22-16/h1-7,10H,19H2,(H,22,23). The average molecular weight is 380 g/mol. The Morgan fingerprint density at radius 1 is 1.00 bits per heavy atom. The van der Waals surface area contributed by atoms with Crippen LogP contribution < -0.4 is 4.48 Å². The van der Waals surface area contributed by atoms with Crippen LogP contribution >= 0.6 is 11.6 Å². The second-order valence-electron chi connectivity index (χ2n) is 5.09. The Balaban J connectivity index is 1.90. The molecule has 5 heteroatoms. The molecule has 4 aromatic rings. The van der Waals surface area contributed by atoms with E-state index >= 15 is 0 Å². The normalized spacial score (nSPS) is 10.7. The number of nitrogens with zero attached hydrogens (tertiary/aromatic N) is 2. The van der Waals surface area contributed by atoms with Crippen molar-refractivity contribution in [3.63, 3.8) is 0 Å². The third-order valence-electron chi connectivity index (χ3n) is 3.68. The molecule has 0 aliphatic carbocycles. The van der Waals surface area contributed by atoms with E-state index in [4.69, 9.17) is 11.6 Å². The van der Waals surface area contributed by atoms with E-state index in [0.29, 0.717) is 10.7 Å². The number of aromatic amines is 1. The Morgan fingerprint density at radius 2 is 1.83 bits per heavy atom. The van der Waals surface area contributed by atoms with Crippen molar-refractivity contribution in [2.45, 2.75) is 0 Å². The number of nitrogens with one attached hydrogen (secondary N) is 1. The quantitative estimate of drug-likeness (QED) is 0.377. The molecule has 0 spiro atoms. The molecule has 0 saturated heterocycles. The van der Waals surface area contributed by atoms with E-state index in [1.807, 2.05) is 42.6 Å².